The van der Waals surface area contributed by atoms with Crippen molar-refractivity contribution in [2.24, 2.45) is 0 Å². The van der Waals surface area contributed by atoms with E-state index in [0.29, 0.717) is 6.10 Å². The SMILES string of the molecule is CCCSOC(C)C. The van der Waals surface area contributed by atoms with Crippen molar-refractivity contribution in [1.29, 1.82) is 0 Å². The molecule has 0 aromatic heterocycles. The molecule has 0 aliphatic heterocycles. The molecule has 0 heterocycles. The predicted molar refractivity (Wildman–Crippen MR) is 39.0 cm³/mol. The van der Waals surface area contributed by atoms with Crippen LogP contribution in [0.15, 0.2) is 0 Å². The van der Waals surface area contributed by atoms with Crippen LogP contribution in [0.1, 0.15) is 27.2 Å². The van der Waals surface area contributed by atoms with Gasteiger partial charge in [-0.15, -0.1) is 0 Å². The summed E-state index contributed by atoms with van der Waals surface area (Å²) in [5, 5.41) is 0. The molecule has 0 amide bonds. The minimum absolute atomic E-state index is 0.367. The maximum Gasteiger partial charge on any atom is 0.0666 e. The Morgan fingerprint density at radius 3 is 2.50 bits per heavy atom. The van der Waals surface area contributed by atoms with Crippen LogP contribution in [0, 0.1) is 0 Å². The highest BCUT2D eigenvalue weighted by Gasteiger charge is 1.90. The molecule has 0 saturated heterocycles. The maximum absolute atomic E-state index is 5.20. The van der Waals surface area contributed by atoms with Crippen LogP contribution in [-0.4, -0.2) is 11.9 Å². The van der Waals surface area contributed by atoms with Crippen molar-refractivity contribution in [3.8, 4) is 0 Å². The van der Waals surface area contributed by atoms with Gasteiger partial charge in [-0.3, -0.25) is 0 Å². The van der Waals surface area contributed by atoms with Gasteiger partial charge in [0, 0.05) is 5.75 Å². The van der Waals surface area contributed by atoms with E-state index in [-0.39, 0.29) is 0 Å². The van der Waals surface area contributed by atoms with Gasteiger partial charge in [0.2, 0.25) is 0 Å². The van der Waals surface area contributed by atoms with E-state index >= 15 is 0 Å². The molecule has 0 aromatic carbocycles. The summed E-state index contributed by atoms with van der Waals surface area (Å²) in [6.07, 6.45) is 1.56. The van der Waals surface area contributed by atoms with Crippen LogP contribution in [-0.2, 0) is 4.18 Å². The molecule has 0 aliphatic carbocycles. The fourth-order valence-corrected chi connectivity index (χ4v) is 0.803. The zero-order valence-electron chi connectivity index (χ0n) is 5.81. The van der Waals surface area contributed by atoms with Crippen LogP contribution in [0.5, 0.6) is 0 Å². The average molecular weight is 134 g/mol. The standard InChI is InChI=1S/C6H14OS/c1-4-5-8-7-6(2)3/h6H,4-5H2,1-3H3. The third-order valence-electron chi connectivity index (χ3n) is 0.548. The van der Waals surface area contributed by atoms with Crippen molar-refractivity contribution < 1.29 is 4.18 Å². The summed E-state index contributed by atoms with van der Waals surface area (Å²) in [5.74, 6) is 1.11. The lowest BCUT2D eigenvalue weighted by Crippen LogP contribution is -1.94. The Morgan fingerprint density at radius 1 is 1.50 bits per heavy atom. The molecular formula is C6H14OS. The van der Waals surface area contributed by atoms with Gasteiger partial charge >= 0.3 is 0 Å². The molecule has 0 aromatic rings. The lowest BCUT2D eigenvalue weighted by Gasteiger charge is -2.02. The fourth-order valence-electron chi connectivity index (χ4n) is 0.268. The Balaban J connectivity index is 2.72. The third kappa shape index (κ3) is 6.31. The third-order valence-corrected chi connectivity index (χ3v) is 1.64. The topological polar surface area (TPSA) is 9.23 Å². The normalized spacial score (nSPS) is 10.5. The molecule has 0 unspecified atom stereocenters. The smallest absolute Gasteiger partial charge is 0.0666 e. The van der Waals surface area contributed by atoms with Crippen LogP contribution >= 0.6 is 12.0 Å². The second-order valence-corrected chi connectivity index (χ2v) is 2.80. The lowest BCUT2D eigenvalue weighted by atomic mass is 10.5. The Kier molecular flexibility index (Phi) is 5.66. The van der Waals surface area contributed by atoms with Crippen LogP contribution in [0.4, 0.5) is 0 Å². The van der Waals surface area contributed by atoms with E-state index in [4.69, 9.17) is 4.18 Å². The molecule has 0 atom stereocenters. The molecule has 2 heteroatoms. The van der Waals surface area contributed by atoms with Gasteiger partial charge in [-0.2, -0.15) is 0 Å². The zero-order valence-corrected chi connectivity index (χ0v) is 6.62. The summed E-state index contributed by atoms with van der Waals surface area (Å²) < 4.78 is 5.20. The molecule has 0 bridgehead atoms. The van der Waals surface area contributed by atoms with E-state index in [1.807, 2.05) is 13.8 Å². The van der Waals surface area contributed by atoms with Crippen molar-refractivity contribution in [2.75, 3.05) is 5.75 Å². The Hall–Kier alpha value is 0.310. The summed E-state index contributed by atoms with van der Waals surface area (Å²) in [7, 11) is 0. The second kappa shape index (κ2) is 5.45. The molecule has 0 N–H and O–H groups in total. The first kappa shape index (κ1) is 8.31. The Bertz CT molecular complexity index is 45.8. The van der Waals surface area contributed by atoms with Crippen molar-refractivity contribution in [1.82, 2.24) is 0 Å². The number of rotatable bonds is 4. The molecular weight excluding hydrogens is 120 g/mol. The van der Waals surface area contributed by atoms with Gasteiger partial charge in [-0.25, -0.2) is 0 Å². The van der Waals surface area contributed by atoms with Crippen LogP contribution in [0.3, 0.4) is 0 Å². The van der Waals surface area contributed by atoms with Gasteiger partial charge in [0.25, 0.3) is 0 Å². The largest absolute Gasteiger partial charge is 0.313 e. The van der Waals surface area contributed by atoms with E-state index in [1.165, 1.54) is 6.42 Å². The van der Waals surface area contributed by atoms with Crippen molar-refractivity contribution in [3.63, 3.8) is 0 Å². The minimum atomic E-state index is 0.367. The maximum atomic E-state index is 5.20. The van der Waals surface area contributed by atoms with Gasteiger partial charge in [0.05, 0.1) is 6.10 Å². The van der Waals surface area contributed by atoms with Crippen LogP contribution < -0.4 is 0 Å². The first-order valence-corrected chi connectivity index (χ1v) is 3.96. The van der Waals surface area contributed by atoms with Crippen molar-refractivity contribution in [3.05, 3.63) is 0 Å². The van der Waals surface area contributed by atoms with E-state index in [0.717, 1.165) is 5.75 Å². The van der Waals surface area contributed by atoms with Crippen LogP contribution in [0.2, 0.25) is 0 Å². The van der Waals surface area contributed by atoms with Gasteiger partial charge in [-0.05, 0) is 32.3 Å². The zero-order chi connectivity index (χ0) is 6.41. The van der Waals surface area contributed by atoms with Gasteiger partial charge in [0.1, 0.15) is 0 Å². The molecule has 0 spiro atoms. The highest BCUT2D eigenvalue weighted by atomic mass is 32.2. The highest BCUT2D eigenvalue weighted by Crippen LogP contribution is 2.06. The molecule has 50 valence electrons. The first-order chi connectivity index (χ1) is 3.77. The van der Waals surface area contributed by atoms with Crippen molar-refractivity contribution >= 4 is 12.0 Å². The van der Waals surface area contributed by atoms with Gasteiger partial charge < -0.3 is 4.18 Å². The molecule has 0 saturated carbocycles. The fraction of sp³-hybridized carbons (Fsp3) is 1.00. The summed E-state index contributed by atoms with van der Waals surface area (Å²) in [4.78, 5) is 0. The monoisotopic (exact) mass is 134 g/mol. The van der Waals surface area contributed by atoms with E-state index in [2.05, 4.69) is 6.92 Å². The summed E-state index contributed by atoms with van der Waals surface area (Å²) in [6.45, 7) is 6.24. The average Bonchev–Trinajstić information content (AvgIpc) is 1.66. The lowest BCUT2D eigenvalue weighted by molar-refractivity contribution is 0.289. The number of hydrogen-bond donors (Lipinski definition) is 0. The quantitative estimate of drug-likeness (QED) is 0.431. The Labute approximate surface area is 56.0 Å². The van der Waals surface area contributed by atoms with Gasteiger partial charge in [0.15, 0.2) is 0 Å². The molecule has 0 rings (SSSR count). The van der Waals surface area contributed by atoms with E-state index in [1.54, 1.807) is 12.0 Å². The molecule has 8 heavy (non-hydrogen) atoms. The predicted octanol–water partition coefficient (Wildman–Crippen LogP) is 2.47. The molecule has 0 radical (unpaired) electrons. The van der Waals surface area contributed by atoms with Crippen LogP contribution in [0.25, 0.3) is 0 Å². The van der Waals surface area contributed by atoms with E-state index < -0.39 is 0 Å². The highest BCUT2D eigenvalue weighted by molar-refractivity contribution is 7.94. The number of hydrogen-bond acceptors (Lipinski definition) is 2. The Morgan fingerprint density at radius 2 is 2.12 bits per heavy atom. The minimum Gasteiger partial charge on any atom is -0.313 e. The molecule has 0 aliphatic rings. The van der Waals surface area contributed by atoms with E-state index in [9.17, 15) is 0 Å². The molecule has 0 fully saturated rings. The van der Waals surface area contributed by atoms with Crippen molar-refractivity contribution in [2.45, 2.75) is 33.3 Å². The summed E-state index contributed by atoms with van der Waals surface area (Å²) in [6, 6.07) is 0. The second-order valence-electron chi connectivity index (χ2n) is 1.97. The summed E-state index contributed by atoms with van der Waals surface area (Å²) >= 11 is 1.56. The first-order valence-electron chi connectivity index (χ1n) is 3.05. The summed E-state index contributed by atoms with van der Waals surface area (Å²) in [5.41, 5.74) is 0. The molecule has 1 nitrogen and oxygen atoms in total. The van der Waals surface area contributed by atoms with Gasteiger partial charge in [-0.1, -0.05) is 6.92 Å².